The molecule has 76 valence electrons. The number of hydrogen-bond donors (Lipinski definition) is 0. The van der Waals surface area contributed by atoms with Gasteiger partial charge in [-0.15, -0.1) is 0 Å². The molecule has 0 aromatic heterocycles. The third-order valence-corrected chi connectivity index (χ3v) is 2.63. The molecule has 0 spiro atoms. The molecular formula is C13H18O. The van der Waals surface area contributed by atoms with E-state index in [-0.39, 0.29) is 11.7 Å². The smallest absolute Gasteiger partial charge is 0.137 e. The van der Waals surface area contributed by atoms with E-state index in [0.29, 0.717) is 0 Å². The van der Waals surface area contributed by atoms with Crippen molar-refractivity contribution in [2.75, 3.05) is 0 Å². The molecular weight excluding hydrogens is 172 g/mol. The van der Waals surface area contributed by atoms with Crippen LogP contribution in [0.2, 0.25) is 0 Å². The van der Waals surface area contributed by atoms with Gasteiger partial charge in [0.15, 0.2) is 0 Å². The van der Waals surface area contributed by atoms with Gasteiger partial charge in [0.05, 0.1) is 0 Å². The van der Waals surface area contributed by atoms with Gasteiger partial charge in [0.25, 0.3) is 0 Å². The molecule has 1 nitrogen and oxygen atoms in total. The second kappa shape index (κ2) is 4.94. The highest BCUT2D eigenvalue weighted by molar-refractivity contribution is 5.83. The van der Waals surface area contributed by atoms with Crippen LogP contribution in [0, 0.1) is 6.92 Å². The zero-order valence-electron chi connectivity index (χ0n) is 9.21. The normalized spacial score (nSPS) is 12.5. The monoisotopic (exact) mass is 190 g/mol. The lowest BCUT2D eigenvalue weighted by Crippen LogP contribution is -2.09. The zero-order valence-corrected chi connectivity index (χ0v) is 9.21. The van der Waals surface area contributed by atoms with Gasteiger partial charge in [-0.3, -0.25) is 4.79 Å². The molecule has 0 aliphatic heterocycles. The maximum Gasteiger partial charge on any atom is 0.137 e. The van der Waals surface area contributed by atoms with Crippen LogP contribution < -0.4 is 0 Å². The molecule has 0 radical (unpaired) electrons. The molecule has 0 saturated carbocycles. The van der Waals surface area contributed by atoms with Gasteiger partial charge >= 0.3 is 0 Å². The van der Waals surface area contributed by atoms with Crippen molar-refractivity contribution in [1.82, 2.24) is 0 Å². The molecule has 0 bridgehead atoms. The second-order valence-corrected chi connectivity index (χ2v) is 3.81. The molecule has 0 amide bonds. The minimum Gasteiger partial charge on any atom is -0.299 e. The van der Waals surface area contributed by atoms with Crippen molar-refractivity contribution < 1.29 is 4.79 Å². The van der Waals surface area contributed by atoms with Crippen molar-refractivity contribution >= 4 is 5.78 Å². The highest BCUT2D eigenvalue weighted by Gasteiger charge is 2.16. The van der Waals surface area contributed by atoms with Crippen LogP contribution in [0.1, 0.15) is 43.7 Å². The van der Waals surface area contributed by atoms with E-state index in [9.17, 15) is 4.79 Å². The summed E-state index contributed by atoms with van der Waals surface area (Å²) in [4.78, 5) is 11.5. The van der Waals surface area contributed by atoms with Gasteiger partial charge in [-0.2, -0.15) is 0 Å². The topological polar surface area (TPSA) is 17.1 Å². The van der Waals surface area contributed by atoms with Gasteiger partial charge in [0, 0.05) is 5.92 Å². The van der Waals surface area contributed by atoms with Crippen LogP contribution in [-0.4, -0.2) is 5.78 Å². The number of Topliss-reactive ketones (excluding diaryl/α,β-unsaturated/α-hetero) is 1. The molecule has 0 aliphatic carbocycles. The minimum atomic E-state index is 0.0983. The summed E-state index contributed by atoms with van der Waals surface area (Å²) in [5, 5.41) is 0. The number of carbonyl (C=O) groups excluding carboxylic acids is 1. The number of benzene rings is 1. The Morgan fingerprint density at radius 3 is 2.50 bits per heavy atom. The largest absolute Gasteiger partial charge is 0.299 e. The predicted molar refractivity (Wildman–Crippen MR) is 59.5 cm³/mol. The molecule has 0 saturated heterocycles. The van der Waals surface area contributed by atoms with Crippen molar-refractivity contribution in [1.29, 1.82) is 0 Å². The Bertz CT molecular complexity index is 315. The molecule has 14 heavy (non-hydrogen) atoms. The van der Waals surface area contributed by atoms with Gasteiger partial charge in [-0.05, 0) is 31.4 Å². The Balaban J connectivity index is 2.99. The van der Waals surface area contributed by atoms with Crippen LogP contribution in [0.3, 0.4) is 0 Å². The van der Waals surface area contributed by atoms with E-state index < -0.39 is 0 Å². The van der Waals surface area contributed by atoms with E-state index in [0.717, 1.165) is 12.8 Å². The first-order valence-electron chi connectivity index (χ1n) is 5.22. The highest BCUT2D eigenvalue weighted by atomic mass is 16.1. The van der Waals surface area contributed by atoms with E-state index in [2.05, 4.69) is 26.0 Å². The zero-order chi connectivity index (χ0) is 10.6. The molecule has 1 rings (SSSR count). The van der Waals surface area contributed by atoms with Crippen molar-refractivity contribution in [2.45, 2.75) is 39.5 Å². The number of carbonyl (C=O) groups is 1. The number of ketones is 1. The fourth-order valence-electron chi connectivity index (χ4n) is 1.84. The summed E-state index contributed by atoms with van der Waals surface area (Å²) >= 11 is 0. The Hall–Kier alpha value is -1.11. The minimum absolute atomic E-state index is 0.0983. The average Bonchev–Trinajstić information content (AvgIpc) is 2.15. The SMILES string of the molecule is CCCC(C(C)=O)c1ccccc1C. The van der Waals surface area contributed by atoms with Crippen LogP contribution in [-0.2, 0) is 4.79 Å². The maximum atomic E-state index is 11.5. The first kappa shape index (κ1) is 11.0. The Morgan fingerprint density at radius 2 is 2.00 bits per heavy atom. The lowest BCUT2D eigenvalue weighted by Gasteiger charge is -2.15. The first-order valence-corrected chi connectivity index (χ1v) is 5.22. The fraction of sp³-hybridized carbons (Fsp3) is 0.462. The molecule has 1 aromatic rings. The summed E-state index contributed by atoms with van der Waals surface area (Å²) in [5.41, 5.74) is 2.42. The van der Waals surface area contributed by atoms with Crippen molar-refractivity contribution in [3.05, 3.63) is 35.4 Å². The summed E-state index contributed by atoms with van der Waals surface area (Å²) in [6.45, 7) is 5.88. The third kappa shape index (κ3) is 2.44. The number of aryl methyl sites for hydroxylation is 1. The van der Waals surface area contributed by atoms with Crippen LogP contribution in [0.15, 0.2) is 24.3 Å². The Kier molecular flexibility index (Phi) is 3.87. The van der Waals surface area contributed by atoms with Crippen LogP contribution in [0.25, 0.3) is 0 Å². The molecule has 1 heteroatoms. The first-order chi connectivity index (χ1) is 6.66. The second-order valence-electron chi connectivity index (χ2n) is 3.81. The molecule has 0 N–H and O–H groups in total. The molecule has 0 fully saturated rings. The Morgan fingerprint density at radius 1 is 1.36 bits per heavy atom. The van der Waals surface area contributed by atoms with Gasteiger partial charge in [-0.25, -0.2) is 0 Å². The highest BCUT2D eigenvalue weighted by Crippen LogP contribution is 2.24. The Labute approximate surface area is 86.1 Å². The van der Waals surface area contributed by atoms with E-state index in [1.165, 1.54) is 11.1 Å². The summed E-state index contributed by atoms with van der Waals surface area (Å²) in [5.74, 6) is 0.377. The molecule has 1 aromatic carbocycles. The molecule has 0 aliphatic rings. The molecule has 1 atom stereocenters. The summed E-state index contributed by atoms with van der Waals surface area (Å²) in [6, 6.07) is 8.16. The summed E-state index contributed by atoms with van der Waals surface area (Å²) in [6.07, 6.45) is 2.01. The van der Waals surface area contributed by atoms with Crippen molar-refractivity contribution in [3.8, 4) is 0 Å². The van der Waals surface area contributed by atoms with Crippen molar-refractivity contribution in [3.63, 3.8) is 0 Å². The van der Waals surface area contributed by atoms with Crippen LogP contribution >= 0.6 is 0 Å². The van der Waals surface area contributed by atoms with E-state index in [1.807, 2.05) is 12.1 Å². The van der Waals surface area contributed by atoms with E-state index in [1.54, 1.807) is 6.92 Å². The van der Waals surface area contributed by atoms with Crippen LogP contribution in [0.4, 0.5) is 0 Å². The molecule has 1 unspecified atom stereocenters. The average molecular weight is 190 g/mol. The summed E-state index contributed by atoms with van der Waals surface area (Å²) < 4.78 is 0. The summed E-state index contributed by atoms with van der Waals surface area (Å²) in [7, 11) is 0. The van der Waals surface area contributed by atoms with E-state index >= 15 is 0 Å². The van der Waals surface area contributed by atoms with Gasteiger partial charge < -0.3 is 0 Å². The van der Waals surface area contributed by atoms with E-state index in [4.69, 9.17) is 0 Å². The molecule has 0 heterocycles. The standard InChI is InChI=1S/C13H18O/c1-4-7-13(11(3)14)12-9-6-5-8-10(12)2/h5-6,8-9,13H,4,7H2,1-3H3. The van der Waals surface area contributed by atoms with Gasteiger partial charge in [0.2, 0.25) is 0 Å². The van der Waals surface area contributed by atoms with Gasteiger partial charge in [-0.1, -0.05) is 37.6 Å². The predicted octanol–water partition coefficient (Wildman–Crippen LogP) is 3.47. The van der Waals surface area contributed by atoms with Crippen molar-refractivity contribution in [2.24, 2.45) is 0 Å². The fourth-order valence-corrected chi connectivity index (χ4v) is 1.84. The van der Waals surface area contributed by atoms with Crippen LogP contribution in [0.5, 0.6) is 0 Å². The maximum absolute atomic E-state index is 11.5. The lowest BCUT2D eigenvalue weighted by molar-refractivity contribution is -0.118. The lowest BCUT2D eigenvalue weighted by atomic mass is 9.88. The quantitative estimate of drug-likeness (QED) is 0.710. The van der Waals surface area contributed by atoms with Gasteiger partial charge in [0.1, 0.15) is 5.78 Å². The third-order valence-electron chi connectivity index (χ3n) is 2.63. The number of rotatable bonds is 4. The number of hydrogen-bond acceptors (Lipinski definition) is 1.